The van der Waals surface area contributed by atoms with Crippen LogP contribution in [0.3, 0.4) is 0 Å². The summed E-state index contributed by atoms with van der Waals surface area (Å²) in [6.45, 7) is 1.05. The van der Waals surface area contributed by atoms with E-state index < -0.39 is 0 Å². The van der Waals surface area contributed by atoms with Gasteiger partial charge in [-0.1, -0.05) is 0 Å². The van der Waals surface area contributed by atoms with Crippen molar-refractivity contribution in [2.45, 2.75) is 12.8 Å². The van der Waals surface area contributed by atoms with Crippen LogP contribution in [0.2, 0.25) is 0 Å². The summed E-state index contributed by atoms with van der Waals surface area (Å²) in [4.78, 5) is 11.7. The summed E-state index contributed by atoms with van der Waals surface area (Å²) in [6, 6.07) is 3.42. The molecule has 0 unspecified atom stereocenters. The zero-order valence-corrected chi connectivity index (χ0v) is 9.36. The van der Waals surface area contributed by atoms with Crippen LogP contribution in [0.4, 0.5) is 11.4 Å². The van der Waals surface area contributed by atoms with Crippen molar-refractivity contribution in [3.8, 4) is 11.5 Å². The Morgan fingerprint density at radius 1 is 1.24 bits per heavy atom. The van der Waals surface area contributed by atoms with Gasteiger partial charge in [-0.15, -0.1) is 0 Å². The van der Waals surface area contributed by atoms with Crippen molar-refractivity contribution in [3.63, 3.8) is 0 Å². The Bertz CT molecular complexity index is 469. The fourth-order valence-corrected chi connectivity index (χ4v) is 1.79. The zero-order chi connectivity index (χ0) is 11.8. The van der Waals surface area contributed by atoms with Gasteiger partial charge in [0.15, 0.2) is 11.5 Å². The first kappa shape index (κ1) is 10.3. The number of nitrogen functional groups attached to an aromatic ring is 1. The summed E-state index contributed by atoms with van der Waals surface area (Å²) < 4.78 is 10.9. The van der Waals surface area contributed by atoms with Gasteiger partial charge in [-0.05, 0) is 12.8 Å². The molecule has 1 fully saturated rings. The lowest BCUT2D eigenvalue weighted by Gasteiger charge is -2.20. The highest BCUT2D eigenvalue weighted by Gasteiger charge is 2.30. The van der Waals surface area contributed by atoms with Crippen LogP contribution in [0.25, 0.3) is 0 Å². The molecule has 5 heteroatoms. The fourth-order valence-electron chi connectivity index (χ4n) is 1.79. The maximum absolute atomic E-state index is 11.7. The number of rotatable bonds is 2. The van der Waals surface area contributed by atoms with Crippen LogP contribution in [0.5, 0.6) is 11.5 Å². The number of carbonyl (C=O) groups is 1. The second-order valence-electron chi connectivity index (χ2n) is 4.35. The van der Waals surface area contributed by atoms with Crippen LogP contribution in [-0.2, 0) is 4.79 Å². The van der Waals surface area contributed by atoms with Gasteiger partial charge in [0.2, 0.25) is 5.91 Å². The van der Waals surface area contributed by atoms with Crippen molar-refractivity contribution in [2.24, 2.45) is 5.92 Å². The number of benzene rings is 1. The van der Waals surface area contributed by atoms with Crippen LogP contribution in [0.1, 0.15) is 12.8 Å². The molecule has 0 spiro atoms. The van der Waals surface area contributed by atoms with Gasteiger partial charge in [-0.3, -0.25) is 4.79 Å². The molecule has 3 rings (SSSR count). The Labute approximate surface area is 98.9 Å². The maximum atomic E-state index is 11.7. The van der Waals surface area contributed by atoms with Crippen molar-refractivity contribution < 1.29 is 14.3 Å². The van der Waals surface area contributed by atoms with Crippen LogP contribution >= 0.6 is 0 Å². The number of amides is 1. The van der Waals surface area contributed by atoms with Crippen molar-refractivity contribution >= 4 is 17.3 Å². The maximum Gasteiger partial charge on any atom is 0.227 e. The quantitative estimate of drug-likeness (QED) is 0.758. The number of fused-ring (bicyclic) bond motifs is 1. The Morgan fingerprint density at radius 2 is 1.88 bits per heavy atom. The molecule has 0 radical (unpaired) electrons. The third-order valence-electron chi connectivity index (χ3n) is 2.92. The van der Waals surface area contributed by atoms with E-state index in [-0.39, 0.29) is 11.8 Å². The van der Waals surface area contributed by atoms with Crippen molar-refractivity contribution in [3.05, 3.63) is 12.1 Å². The van der Waals surface area contributed by atoms with Gasteiger partial charge in [0, 0.05) is 18.1 Å². The zero-order valence-electron chi connectivity index (χ0n) is 9.36. The molecule has 1 aliphatic heterocycles. The standard InChI is InChI=1S/C12H14N2O3/c13-8-5-10-11(17-4-3-16-10)6-9(8)14-12(15)7-1-2-7/h5-7H,1-4,13H2,(H,14,15). The van der Waals surface area contributed by atoms with E-state index in [1.807, 2.05) is 0 Å². The second kappa shape index (κ2) is 3.84. The van der Waals surface area contributed by atoms with Crippen molar-refractivity contribution in [1.29, 1.82) is 0 Å². The molecular weight excluding hydrogens is 220 g/mol. The second-order valence-corrected chi connectivity index (χ2v) is 4.35. The fraction of sp³-hybridized carbons (Fsp3) is 0.417. The van der Waals surface area contributed by atoms with E-state index in [1.165, 1.54) is 0 Å². The number of carbonyl (C=O) groups excluding carboxylic acids is 1. The Kier molecular flexibility index (Phi) is 2.31. The molecule has 1 amide bonds. The molecule has 1 saturated carbocycles. The third kappa shape index (κ3) is 2.00. The molecule has 5 nitrogen and oxygen atoms in total. The SMILES string of the molecule is Nc1cc2c(cc1NC(=O)C1CC1)OCCO2. The van der Waals surface area contributed by atoms with E-state index in [1.54, 1.807) is 12.1 Å². The van der Waals surface area contributed by atoms with Crippen LogP contribution in [0.15, 0.2) is 12.1 Å². The monoisotopic (exact) mass is 234 g/mol. The minimum Gasteiger partial charge on any atom is -0.486 e. The van der Waals surface area contributed by atoms with E-state index in [2.05, 4.69) is 5.32 Å². The lowest BCUT2D eigenvalue weighted by Crippen LogP contribution is -2.18. The van der Waals surface area contributed by atoms with Crippen molar-refractivity contribution in [1.82, 2.24) is 0 Å². The first-order valence-corrected chi connectivity index (χ1v) is 5.74. The summed E-state index contributed by atoms with van der Waals surface area (Å²) in [5.41, 5.74) is 6.97. The lowest BCUT2D eigenvalue weighted by molar-refractivity contribution is -0.117. The lowest BCUT2D eigenvalue weighted by atomic mass is 10.2. The number of ether oxygens (including phenoxy) is 2. The van der Waals surface area contributed by atoms with E-state index in [0.29, 0.717) is 36.1 Å². The number of hydrogen-bond donors (Lipinski definition) is 2. The van der Waals surface area contributed by atoms with Gasteiger partial charge in [-0.25, -0.2) is 0 Å². The largest absolute Gasteiger partial charge is 0.486 e. The summed E-state index contributed by atoms with van der Waals surface area (Å²) in [6.07, 6.45) is 1.94. The molecule has 0 bridgehead atoms. The molecule has 0 atom stereocenters. The first-order valence-electron chi connectivity index (χ1n) is 5.74. The molecule has 0 aromatic heterocycles. The molecule has 1 aromatic rings. The van der Waals surface area contributed by atoms with Gasteiger partial charge in [-0.2, -0.15) is 0 Å². The Morgan fingerprint density at radius 3 is 2.53 bits per heavy atom. The van der Waals surface area contributed by atoms with Gasteiger partial charge < -0.3 is 20.5 Å². The summed E-state index contributed by atoms with van der Waals surface area (Å²) in [5, 5.41) is 2.82. The molecule has 1 aliphatic carbocycles. The minimum absolute atomic E-state index is 0.0355. The highest BCUT2D eigenvalue weighted by molar-refractivity contribution is 5.97. The molecule has 17 heavy (non-hydrogen) atoms. The van der Waals surface area contributed by atoms with Gasteiger partial charge in [0.25, 0.3) is 0 Å². The summed E-state index contributed by atoms with van der Waals surface area (Å²) in [5.74, 6) is 1.46. The van der Waals surface area contributed by atoms with Gasteiger partial charge >= 0.3 is 0 Å². The molecule has 3 N–H and O–H groups in total. The minimum atomic E-state index is 0.0355. The number of nitrogens with one attached hydrogen (secondary N) is 1. The van der Waals surface area contributed by atoms with Crippen LogP contribution < -0.4 is 20.5 Å². The molecule has 1 aromatic carbocycles. The van der Waals surface area contributed by atoms with Crippen molar-refractivity contribution in [2.75, 3.05) is 24.3 Å². The van der Waals surface area contributed by atoms with E-state index in [4.69, 9.17) is 15.2 Å². The molecule has 0 saturated heterocycles. The Hall–Kier alpha value is -1.91. The molecular formula is C12H14N2O3. The predicted molar refractivity (Wildman–Crippen MR) is 63.2 cm³/mol. The number of nitrogens with two attached hydrogens (primary N) is 1. The summed E-state index contributed by atoms with van der Waals surface area (Å²) in [7, 11) is 0. The highest BCUT2D eigenvalue weighted by Crippen LogP contribution is 2.38. The topological polar surface area (TPSA) is 73.6 Å². The normalized spacial score (nSPS) is 17.6. The average Bonchev–Trinajstić information content (AvgIpc) is 3.14. The van der Waals surface area contributed by atoms with Gasteiger partial charge in [0.1, 0.15) is 13.2 Å². The van der Waals surface area contributed by atoms with E-state index in [0.717, 1.165) is 12.8 Å². The Balaban J connectivity index is 1.85. The smallest absolute Gasteiger partial charge is 0.227 e. The molecule has 2 aliphatic rings. The summed E-state index contributed by atoms with van der Waals surface area (Å²) >= 11 is 0. The van der Waals surface area contributed by atoms with Crippen LogP contribution in [-0.4, -0.2) is 19.1 Å². The van der Waals surface area contributed by atoms with Gasteiger partial charge in [0.05, 0.1) is 11.4 Å². The van der Waals surface area contributed by atoms with Crippen LogP contribution in [0, 0.1) is 5.92 Å². The van der Waals surface area contributed by atoms with E-state index in [9.17, 15) is 4.79 Å². The predicted octanol–water partition coefficient (Wildman–Crippen LogP) is 1.39. The van der Waals surface area contributed by atoms with E-state index >= 15 is 0 Å². The number of hydrogen-bond acceptors (Lipinski definition) is 4. The number of anilines is 2. The average molecular weight is 234 g/mol. The highest BCUT2D eigenvalue weighted by atomic mass is 16.6. The first-order chi connectivity index (χ1) is 8.24. The third-order valence-corrected chi connectivity index (χ3v) is 2.92. The molecule has 1 heterocycles. The molecule has 90 valence electrons.